The van der Waals surface area contributed by atoms with E-state index < -0.39 is 0 Å². The van der Waals surface area contributed by atoms with Gasteiger partial charge < -0.3 is 10.5 Å². The van der Waals surface area contributed by atoms with Gasteiger partial charge in [0.15, 0.2) is 0 Å². The predicted molar refractivity (Wildman–Crippen MR) is 71.2 cm³/mol. The Bertz CT molecular complexity index is 389. The molecule has 1 aromatic carbocycles. The first-order valence-electron chi connectivity index (χ1n) is 6.43. The predicted octanol–water partition coefficient (Wildman–Crippen LogP) is 3.16. The number of nitrogens with two attached hydrogens (primary N) is 1. The minimum atomic E-state index is -0.288. The molecule has 2 rings (SSSR count). The zero-order chi connectivity index (χ0) is 13.1. The van der Waals surface area contributed by atoms with Crippen LogP contribution in [0.3, 0.4) is 0 Å². The molecule has 0 spiro atoms. The summed E-state index contributed by atoms with van der Waals surface area (Å²) in [6.07, 6.45) is 2.75. The Kier molecular flexibility index (Phi) is 4.60. The molecule has 1 fully saturated rings. The third-order valence-electron chi connectivity index (χ3n) is 3.37. The van der Waals surface area contributed by atoms with E-state index in [2.05, 4.69) is 0 Å². The van der Waals surface area contributed by atoms with Crippen molar-refractivity contribution >= 4 is 11.6 Å². The highest BCUT2D eigenvalue weighted by molar-refractivity contribution is 6.31. The van der Waals surface area contributed by atoms with Crippen LogP contribution in [0.5, 0.6) is 0 Å². The lowest BCUT2D eigenvalue weighted by Crippen LogP contribution is -2.40. The molecule has 0 saturated heterocycles. The molecule has 0 bridgehead atoms. The molecule has 1 aliphatic rings. The summed E-state index contributed by atoms with van der Waals surface area (Å²) >= 11 is 6.01. The summed E-state index contributed by atoms with van der Waals surface area (Å²) in [7, 11) is 0. The van der Waals surface area contributed by atoms with E-state index in [0.29, 0.717) is 29.5 Å². The quantitative estimate of drug-likeness (QED) is 0.863. The minimum absolute atomic E-state index is 0.0191. The van der Waals surface area contributed by atoms with Crippen LogP contribution in [0.4, 0.5) is 4.39 Å². The maximum Gasteiger partial charge on any atom is 0.127 e. The summed E-state index contributed by atoms with van der Waals surface area (Å²) in [5, 5.41) is 0.441. The fraction of sp³-hybridized carbons (Fsp3) is 0.571. The Morgan fingerprint density at radius 2 is 2.22 bits per heavy atom. The van der Waals surface area contributed by atoms with Crippen LogP contribution in [-0.2, 0) is 11.2 Å². The zero-order valence-corrected chi connectivity index (χ0v) is 11.3. The van der Waals surface area contributed by atoms with Gasteiger partial charge >= 0.3 is 0 Å². The first-order chi connectivity index (χ1) is 8.63. The van der Waals surface area contributed by atoms with Crippen molar-refractivity contribution in [2.75, 3.05) is 6.61 Å². The molecule has 2 N–H and O–H groups in total. The molecule has 100 valence electrons. The van der Waals surface area contributed by atoms with Crippen molar-refractivity contribution in [1.82, 2.24) is 0 Å². The topological polar surface area (TPSA) is 35.2 Å². The first-order valence-corrected chi connectivity index (χ1v) is 6.81. The van der Waals surface area contributed by atoms with Crippen molar-refractivity contribution < 1.29 is 9.13 Å². The molecule has 0 amide bonds. The van der Waals surface area contributed by atoms with Crippen LogP contribution in [0.15, 0.2) is 18.2 Å². The van der Waals surface area contributed by atoms with Crippen molar-refractivity contribution in [2.24, 2.45) is 11.7 Å². The van der Waals surface area contributed by atoms with Gasteiger partial charge in [0.25, 0.3) is 0 Å². The fourth-order valence-corrected chi connectivity index (χ4v) is 2.55. The summed E-state index contributed by atoms with van der Waals surface area (Å²) in [4.78, 5) is 0. The number of hydrogen-bond donors (Lipinski definition) is 1. The molecule has 0 aliphatic heterocycles. The van der Waals surface area contributed by atoms with Crippen LogP contribution < -0.4 is 5.73 Å². The summed E-state index contributed by atoms with van der Waals surface area (Å²) < 4.78 is 19.4. The lowest BCUT2D eigenvalue weighted by Gasteiger charge is -2.24. The number of ether oxygens (including phenoxy) is 1. The van der Waals surface area contributed by atoms with E-state index in [0.717, 1.165) is 12.8 Å². The summed E-state index contributed by atoms with van der Waals surface area (Å²) in [6, 6.07) is 4.51. The van der Waals surface area contributed by atoms with Gasteiger partial charge in [-0.05, 0) is 44.2 Å². The second kappa shape index (κ2) is 6.00. The Morgan fingerprint density at radius 3 is 2.78 bits per heavy atom. The number of hydrogen-bond acceptors (Lipinski definition) is 2. The van der Waals surface area contributed by atoms with E-state index in [1.807, 2.05) is 6.92 Å². The van der Waals surface area contributed by atoms with Gasteiger partial charge in [0, 0.05) is 23.2 Å². The second-order valence-corrected chi connectivity index (χ2v) is 5.23. The van der Waals surface area contributed by atoms with Crippen molar-refractivity contribution in [2.45, 2.75) is 38.3 Å². The van der Waals surface area contributed by atoms with E-state index in [1.165, 1.54) is 6.07 Å². The molecule has 18 heavy (non-hydrogen) atoms. The van der Waals surface area contributed by atoms with Crippen LogP contribution in [0.1, 0.15) is 25.3 Å². The molecule has 0 aromatic heterocycles. The van der Waals surface area contributed by atoms with Crippen molar-refractivity contribution in [1.29, 1.82) is 0 Å². The summed E-state index contributed by atoms with van der Waals surface area (Å²) in [5.74, 6) is 0.245. The summed E-state index contributed by atoms with van der Waals surface area (Å²) in [5.41, 5.74) is 6.66. The second-order valence-electron chi connectivity index (χ2n) is 4.83. The average molecular weight is 272 g/mol. The van der Waals surface area contributed by atoms with Crippen LogP contribution in [0, 0.1) is 11.7 Å². The van der Waals surface area contributed by atoms with Gasteiger partial charge in [-0.15, -0.1) is 0 Å². The number of benzene rings is 1. The SMILES string of the molecule is CCOC(C(N)Cc1c(F)cccc1Cl)C1CC1. The standard InChI is InChI=1S/C14H19ClFNO/c1-2-18-14(9-6-7-9)13(17)8-10-11(15)4-3-5-12(10)16/h3-5,9,13-14H,2,6-8,17H2,1H3. The molecule has 0 radical (unpaired) electrons. The third kappa shape index (κ3) is 3.22. The van der Waals surface area contributed by atoms with Gasteiger partial charge in [0.05, 0.1) is 6.10 Å². The van der Waals surface area contributed by atoms with E-state index in [9.17, 15) is 4.39 Å². The molecule has 2 unspecified atom stereocenters. The average Bonchev–Trinajstić information content (AvgIpc) is 3.15. The van der Waals surface area contributed by atoms with Gasteiger partial charge in [-0.2, -0.15) is 0 Å². The highest BCUT2D eigenvalue weighted by Gasteiger charge is 2.36. The fourth-order valence-electron chi connectivity index (χ4n) is 2.31. The van der Waals surface area contributed by atoms with Gasteiger partial charge in [-0.3, -0.25) is 0 Å². The molecule has 2 atom stereocenters. The lowest BCUT2D eigenvalue weighted by atomic mass is 9.98. The van der Waals surface area contributed by atoms with Gasteiger partial charge in [0.2, 0.25) is 0 Å². The lowest BCUT2D eigenvalue weighted by molar-refractivity contribution is 0.0286. The van der Waals surface area contributed by atoms with Crippen LogP contribution in [0.25, 0.3) is 0 Å². The first kappa shape index (κ1) is 13.8. The number of rotatable bonds is 6. The minimum Gasteiger partial charge on any atom is -0.377 e. The van der Waals surface area contributed by atoms with Crippen LogP contribution in [0.2, 0.25) is 5.02 Å². The molecule has 1 aromatic rings. The Labute approximate surface area is 112 Å². The Hall–Kier alpha value is -0.640. The molecular formula is C14H19ClFNO. The van der Waals surface area contributed by atoms with Gasteiger partial charge in [0.1, 0.15) is 5.82 Å². The maximum atomic E-state index is 13.7. The van der Waals surface area contributed by atoms with E-state index in [1.54, 1.807) is 12.1 Å². The Morgan fingerprint density at radius 1 is 1.50 bits per heavy atom. The smallest absolute Gasteiger partial charge is 0.127 e. The molecule has 2 nitrogen and oxygen atoms in total. The molecule has 1 saturated carbocycles. The van der Waals surface area contributed by atoms with Crippen LogP contribution in [-0.4, -0.2) is 18.8 Å². The Balaban J connectivity index is 2.07. The third-order valence-corrected chi connectivity index (χ3v) is 3.72. The molecular weight excluding hydrogens is 253 g/mol. The molecule has 1 aliphatic carbocycles. The number of halogens is 2. The molecule has 0 heterocycles. The van der Waals surface area contributed by atoms with E-state index in [-0.39, 0.29) is 18.0 Å². The zero-order valence-electron chi connectivity index (χ0n) is 10.5. The van der Waals surface area contributed by atoms with Crippen molar-refractivity contribution in [3.8, 4) is 0 Å². The van der Waals surface area contributed by atoms with Gasteiger partial charge in [-0.25, -0.2) is 4.39 Å². The van der Waals surface area contributed by atoms with E-state index in [4.69, 9.17) is 22.1 Å². The molecule has 4 heteroatoms. The van der Waals surface area contributed by atoms with Gasteiger partial charge in [-0.1, -0.05) is 17.7 Å². The van der Waals surface area contributed by atoms with Crippen molar-refractivity contribution in [3.63, 3.8) is 0 Å². The maximum absolute atomic E-state index is 13.7. The van der Waals surface area contributed by atoms with Crippen molar-refractivity contribution in [3.05, 3.63) is 34.6 Å². The van der Waals surface area contributed by atoms with E-state index >= 15 is 0 Å². The highest BCUT2D eigenvalue weighted by atomic mass is 35.5. The van der Waals surface area contributed by atoms with Crippen LogP contribution >= 0.6 is 11.6 Å². The normalized spacial score (nSPS) is 18.7. The monoisotopic (exact) mass is 271 g/mol. The highest BCUT2D eigenvalue weighted by Crippen LogP contribution is 2.36. The largest absolute Gasteiger partial charge is 0.377 e. The summed E-state index contributed by atoms with van der Waals surface area (Å²) in [6.45, 7) is 2.60.